The zero-order valence-electron chi connectivity index (χ0n) is 15.2. The second kappa shape index (κ2) is 9.01. The van der Waals surface area contributed by atoms with Gasteiger partial charge in [-0.25, -0.2) is 0 Å². The molecule has 0 aliphatic carbocycles. The SMILES string of the molecule is COc1ccc([C@H](CC(=O)O)NC(c2ccccc2)c2ccccc2)cc1. The van der Waals surface area contributed by atoms with Gasteiger partial charge < -0.3 is 9.84 Å². The number of nitrogens with one attached hydrogen (secondary N) is 1. The Labute approximate surface area is 159 Å². The Morgan fingerprint density at radius 3 is 1.81 bits per heavy atom. The van der Waals surface area contributed by atoms with Crippen LogP contribution in [0, 0.1) is 0 Å². The highest BCUT2D eigenvalue weighted by Crippen LogP contribution is 2.28. The summed E-state index contributed by atoms with van der Waals surface area (Å²) in [7, 11) is 1.61. The summed E-state index contributed by atoms with van der Waals surface area (Å²) in [5.41, 5.74) is 3.09. The largest absolute Gasteiger partial charge is 0.497 e. The summed E-state index contributed by atoms with van der Waals surface area (Å²) in [6.45, 7) is 0. The number of hydrogen-bond acceptors (Lipinski definition) is 3. The van der Waals surface area contributed by atoms with E-state index in [0.29, 0.717) is 0 Å². The minimum absolute atomic E-state index is 0.0114. The van der Waals surface area contributed by atoms with Crippen LogP contribution in [0.25, 0.3) is 0 Å². The smallest absolute Gasteiger partial charge is 0.305 e. The van der Waals surface area contributed by atoms with Gasteiger partial charge in [-0.1, -0.05) is 72.8 Å². The molecule has 3 rings (SSSR count). The first kappa shape index (κ1) is 18.7. The molecule has 1 atom stereocenters. The highest BCUT2D eigenvalue weighted by Gasteiger charge is 2.22. The maximum Gasteiger partial charge on any atom is 0.305 e. The van der Waals surface area contributed by atoms with E-state index in [2.05, 4.69) is 29.6 Å². The molecule has 0 aliphatic heterocycles. The highest BCUT2D eigenvalue weighted by atomic mass is 16.5. The molecule has 0 fully saturated rings. The van der Waals surface area contributed by atoms with E-state index < -0.39 is 5.97 Å². The normalized spacial score (nSPS) is 11.9. The van der Waals surface area contributed by atoms with Crippen molar-refractivity contribution >= 4 is 5.97 Å². The van der Waals surface area contributed by atoms with Crippen molar-refractivity contribution < 1.29 is 14.6 Å². The van der Waals surface area contributed by atoms with Gasteiger partial charge in [0.2, 0.25) is 0 Å². The van der Waals surface area contributed by atoms with Gasteiger partial charge >= 0.3 is 5.97 Å². The van der Waals surface area contributed by atoms with Crippen LogP contribution in [0.2, 0.25) is 0 Å². The molecule has 3 aromatic rings. The number of aliphatic carboxylic acids is 1. The maximum absolute atomic E-state index is 11.5. The van der Waals surface area contributed by atoms with Crippen molar-refractivity contribution in [1.82, 2.24) is 5.32 Å². The highest BCUT2D eigenvalue weighted by molar-refractivity contribution is 5.68. The molecular formula is C23H23NO3. The molecule has 0 spiro atoms. The van der Waals surface area contributed by atoms with Crippen LogP contribution in [0.5, 0.6) is 5.75 Å². The predicted octanol–water partition coefficient (Wildman–Crippen LogP) is 4.59. The molecule has 3 aromatic carbocycles. The molecule has 2 N–H and O–H groups in total. The van der Waals surface area contributed by atoms with E-state index in [1.165, 1.54) is 0 Å². The fourth-order valence-corrected chi connectivity index (χ4v) is 3.16. The van der Waals surface area contributed by atoms with Gasteiger partial charge in [0, 0.05) is 6.04 Å². The fourth-order valence-electron chi connectivity index (χ4n) is 3.16. The van der Waals surface area contributed by atoms with E-state index in [-0.39, 0.29) is 18.5 Å². The topological polar surface area (TPSA) is 58.6 Å². The predicted molar refractivity (Wildman–Crippen MR) is 106 cm³/mol. The fraction of sp³-hybridized carbons (Fsp3) is 0.174. The van der Waals surface area contributed by atoms with Gasteiger partial charge in [-0.05, 0) is 28.8 Å². The van der Waals surface area contributed by atoms with Crippen molar-refractivity contribution in [2.45, 2.75) is 18.5 Å². The van der Waals surface area contributed by atoms with E-state index in [0.717, 1.165) is 22.4 Å². The van der Waals surface area contributed by atoms with Crippen LogP contribution in [0.3, 0.4) is 0 Å². The number of carboxylic acid groups (broad SMARTS) is 1. The van der Waals surface area contributed by atoms with E-state index in [1.54, 1.807) is 7.11 Å². The first-order valence-electron chi connectivity index (χ1n) is 8.89. The van der Waals surface area contributed by atoms with Crippen LogP contribution < -0.4 is 10.1 Å². The number of benzene rings is 3. The summed E-state index contributed by atoms with van der Waals surface area (Å²) in [5, 5.41) is 13.0. The van der Waals surface area contributed by atoms with Gasteiger partial charge in [0.15, 0.2) is 0 Å². The zero-order chi connectivity index (χ0) is 19.1. The third-order valence-electron chi connectivity index (χ3n) is 4.53. The lowest BCUT2D eigenvalue weighted by molar-refractivity contribution is -0.137. The molecule has 0 aliphatic rings. The third kappa shape index (κ3) is 4.96. The molecule has 138 valence electrons. The number of carbonyl (C=O) groups is 1. The summed E-state index contributed by atoms with van der Waals surface area (Å²) in [6, 6.07) is 27.2. The van der Waals surface area contributed by atoms with Gasteiger partial charge in [0.25, 0.3) is 0 Å². The second-order valence-corrected chi connectivity index (χ2v) is 6.34. The average molecular weight is 361 g/mol. The molecule has 27 heavy (non-hydrogen) atoms. The molecule has 0 aromatic heterocycles. The Morgan fingerprint density at radius 2 is 1.37 bits per heavy atom. The van der Waals surface area contributed by atoms with Gasteiger partial charge in [-0.2, -0.15) is 0 Å². The Morgan fingerprint density at radius 1 is 0.852 bits per heavy atom. The monoisotopic (exact) mass is 361 g/mol. The molecule has 4 nitrogen and oxygen atoms in total. The molecule has 0 radical (unpaired) electrons. The van der Waals surface area contributed by atoms with Crippen LogP contribution in [0.1, 0.15) is 35.2 Å². The molecule has 0 unspecified atom stereocenters. The lowest BCUT2D eigenvalue weighted by Gasteiger charge is -2.26. The first-order valence-corrected chi connectivity index (χ1v) is 8.89. The Kier molecular flexibility index (Phi) is 6.23. The molecule has 0 bridgehead atoms. The first-order chi connectivity index (χ1) is 13.2. The lowest BCUT2D eigenvalue weighted by atomic mass is 9.95. The third-order valence-corrected chi connectivity index (χ3v) is 4.53. The van der Waals surface area contributed by atoms with Gasteiger partial charge in [-0.15, -0.1) is 0 Å². The molecule has 0 saturated carbocycles. The van der Waals surface area contributed by atoms with Gasteiger partial charge in [0.1, 0.15) is 5.75 Å². The van der Waals surface area contributed by atoms with E-state index in [1.807, 2.05) is 60.7 Å². The van der Waals surface area contributed by atoms with Crippen molar-refractivity contribution in [2.24, 2.45) is 0 Å². The second-order valence-electron chi connectivity index (χ2n) is 6.34. The standard InChI is InChI=1S/C23H23NO3/c1-27-20-14-12-17(13-15-20)21(16-22(25)26)24-23(18-8-4-2-5-9-18)19-10-6-3-7-11-19/h2-15,21,23-24H,16H2,1H3,(H,25,26)/t21-/m0/s1. The Hall–Kier alpha value is -3.11. The number of ether oxygens (including phenoxy) is 1. The van der Waals surface area contributed by atoms with Crippen LogP contribution in [-0.4, -0.2) is 18.2 Å². The van der Waals surface area contributed by atoms with Crippen LogP contribution in [-0.2, 0) is 4.79 Å². The number of methoxy groups -OCH3 is 1. The Bertz CT molecular complexity index is 808. The van der Waals surface area contributed by atoms with Crippen LogP contribution in [0.4, 0.5) is 0 Å². The Balaban J connectivity index is 1.95. The minimum Gasteiger partial charge on any atom is -0.497 e. The van der Waals surface area contributed by atoms with Crippen LogP contribution >= 0.6 is 0 Å². The lowest BCUT2D eigenvalue weighted by Crippen LogP contribution is -2.29. The number of hydrogen-bond donors (Lipinski definition) is 2. The van der Waals surface area contributed by atoms with Crippen molar-refractivity contribution in [3.8, 4) is 5.75 Å². The average Bonchev–Trinajstić information content (AvgIpc) is 2.72. The van der Waals surface area contributed by atoms with Crippen molar-refractivity contribution in [3.05, 3.63) is 102 Å². The molecule has 0 amide bonds. The molecule has 0 heterocycles. The van der Waals surface area contributed by atoms with Crippen molar-refractivity contribution in [3.63, 3.8) is 0 Å². The molecule has 4 heteroatoms. The molecule has 0 saturated heterocycles. The summed E-state index contributed by atoms with van der Waals surface area (Å²) >= 11 is 0. The van der Waals surface area contributed by atoms with E-state index in [9.17, 15) is 9.90 Å². The summed E-state index contributed by atoms with van der Waals surface area (Å²) in [6.07, 6.45) is -0.0114. The number of rotatable bonds is 8. The van der Waals surface area contributed by atoms with Crippen molar-refractivity contribution in [2.75, 3.05) is 7.11 Å². The van der Waals surface area contributed by atoms with E-state index in [4.69, 9.17) is 4.74 Å². The number of carboxylic acids is 1. The zero-order valence-corrected chi connectivity index (χ0v) is 15.2. The summed E-state index contributed by atoms with van der Waals surface area (Å²) in [4.78, 5) is 11.5. The van der Waals surface area contributed by atoms with E-state index >= 15 is 0 Å². The maximum atomic E-state index is 11.5. The van der Waals surface area contributed by atoms with Crippen LogP contribution in [0.15, 0.2) is 84.9 Å². The minimum atomic E-state index is -0.844. The van der Waals surface area contributed by atoms with Crippen molar-refractivity contribution in [1.29, 1.82) is 0 Å². The van der Waals surface area contributed by atoms with Gasteiger partial charge in [0.05, 0.1) is 19.6 Å². The quantitative estimate of drug-likeness (QED) is 0.616. The van der Waals surface area contributed by atoms with Gasteiger partial charge in [-0.3, -0.25) is 10.1 Å². The summed E-state index contributed by atoms with van der Waals surface area (Å²) < 4.78 is 5.21. The summed E-state index contributed by atoms with van der Waals surface area (Å²) in [5.74, 6) is -0.0984. The molecular weight excluding hydrogens is 338 g/mol.